The quantitative estimate of drug-likeness (QED) is 0.387. The fourth-order valence-corrected chi connectivity index (χ4v) is 3.36. The summed E-state index contributed by atoms with van der Waals surface area (Å²) in [6.45, 7) is 0.198. The molecule has 0 unspecified atom stereocenters. The van der Waals surface area contributed by atoms with E-state index in [1.165, 1.54) is 14.2 Å². The standard InChI is InChI=1S/C24H20ClNO5/c1-28-22-13-20(23(29-2)12-19(22)25)26-24(27)21-10-9-18(31-21)14-30-17-8-7-15-5-3-4-6-16(15)11-17/h3-13H,14H2,1-2H3,(H,26,27). The highest BCUT2D eigenvalue weighted by atomic mass is 35.5. The van der Waals surface area contributed by atoms with E-state index in [1.807, 2.05) is 42.5 Å². The normalized spacial score (nSPS) is 10.7. The topological polar surface area (TPSA) is 69.9 Å². The highest BCUT2D eigenvalue weighted by Gasteiger charge is 2.16. The van der Waals surface area contributed by atoms with E-state index in [4.69, 9.17) is 30.2 Å². The third-order valence-electron chi connectivity index (χ3n) is 4.71. The third kappa shape index (κ3) is 4.59. The van der Waals surface area contributed by atoms with Gasteiger partial charge in [-0.3, -0.25) is 4.79 Å². The van der Waals surface area contributed by atoms with Crippen LogP contribution >= 0.6 is 11.6 Å². The highest BCUT2D eigenvalue weighted by molar-refractivity contribution is 6.32. The highest BCUT2D eigenvalue weighted by Crippen LogP contribution is 2.36. The van der Waals surface area contributed by atoms with Crippen LogP contribution in [0.25, 0.3) is 10.8 Å². The summed E-state index contributed by atoms with van der Waals surface area (Å²) in [6, 6.07) is 20.4. The number of amides is 1. The van der Waals surface area contributed by atoms with Gasteiger partial charge in [0, 0.05) is 12.1 Å². The zero-order valence-corrected chi connectivity index (χ0v) is 17.7. The monoisotopic (exact) mass is 437 g/mol. The Morgan fingerprint density at radius 3 is 2.48 bits per heavy atom. The number of fused-ring (bicyclic) bond motifs is 1. The second-order valence-corrected chi connectivity index (χ2v) is 7.11. The number of halogens is 1. The molecule has 1 N–H and O–H groups in total. The summed E-state index contributed by atoms with van der Waals surface area (Å²) in [4.78, 5) is 12.6. The van der Waals surface area contributed by atoms with E-state index >= 15 is 0 Å². The zero-order valence-electron chi connectivity index (χ0n) is 17.0. The average molecular weight is 438 g/mol. The number of rotatable bonds is 7. The maximum absolute atomic E-state index is 12.6. The number of ether oxygens (including phenoxy) is 3. The summed E-state index contributed by atoms with van der Waals surface area (Å²) < 4.78 is 21.9. The van der Waals surface area contributed by atoms with Gasteiger partial charge >= 0.3 is 0 Å². The predicted molar refractivity (Wildman–Crippen MR) is 119 cm³/mol. The minimum Gasteiger partial charge on any atom is -0.495 e. The molecule has 158 valence electrons. The Morgan fingerprint density at radius 2 is 1.71 bits per heavy atom. The summed E-state index contributed by atoms with van der Waals surface area (Å²) in [5.41, 5.74) is 0.416. The Bertz CT molecular complexity index is 1230. The van der Waals surface area contributed by atoms with Crippen LogP contribution in [0.4, 0.5) is 5.69 Å². The molecule has 31 heavy (non-hydrogen) atoms. The first kappa shape index (κ1) is 20.6. The summed E-state index contributed by atoms with van der Waals surface area (Å²) in [6.07, 6.45) is 0. The molecule has 0 atom stereocenters. The Hall–Kier alpha value is -3.64. The average Bonchev–Trinajstić information content (AvgIpc) is 3.27. The van der Waals surface area contributed by atoms with Gasteiger partial charge in [-0.15, -0.1) is 0 Å². The van der Waals surface area contributed by atoms with Crippen LogP contribution in [0.1, 0.15) is 16.3 Å². The molecule has 1 heterocycles. The van der Waals surface area contributed by atoms with E-state index in [0.717, 1.165) is 16.5 Å². The molecular formula is C24H20ClNO5. The van der Waals surface area contributed by atoms with E-state index in [-0.39, 0.29) is 12.4 Å². The van der Waals surface area contributed by atoms with Crippen LogP contribution < -0.4 is 19.5 Å². The van der Waals surface area contributed by atoms with Gasteiger partial charge in [0.2, 0.25) is 0 Å². The van der Waals surface area contributed by atoms with Crippen LogP contribution in [-0.2, 0) is 6.61 Å². The molecular weight excluding hydrogens is 418 g/mol. The minimum absolute atomic E-state index is 0.146. The second-order valence-electron chi connectivity index (χ2n) is 6.70. The van der Waals surface area contributed by atoms with Gasteiger partial charge in [-0.05, 0) is 35.0 Å². The van der Waals surface area contributed by atoms with E-state index in [9.17, 15) is 4.79 Å². The number of benzene rings is 3. The molecule has 0 saturated heterocycles. The predicted octanol–water partition coefficient (Wildman–Crippen LogP) is 5.93. The molecule has 0 radical (unpaired) electrons. The number of anilines is 1. The third-order valence-corrected chi connectivity index (χ3v) is 5.00. The van der Waals surface area contributed by atoms with E-state index in [1.54, 1.807) is 24.3 Å². The van der Waals surface area contributed by atoms with Crippen LogP contribution in [0.3, 0.4) is 0 Å². The van der Waals surface area contributed by atoms with Gasteiger partial charge in [0.15, 0.2) is 5.76 Å². The van der Waals surface area contributed by atoms with Crippen molar-refractivity contribution in [2.24, 2.45) is 0 Å². The van der Waals surface area contributed by atoms with Gasteiger partial charge in [-0.2, -0.15) is 0 Å². The van der Waals surface area contributed by atoms with Crippen LogP contribution in [0.5, 0.6) is 17.2 Å². The van der Waals surface area contributed by atoms with E-state index in [2.05, 4.69) is 5.32 Å². The van der Waals surface area contributed by atoms with Crippen molar-refractivity contribution >= 4 is 34.0 Å². The van der Waals surface area contributed by atoms with E-state index < -0.39 is 5.91 Å². The number of furan rings is 1. The van der Waals surface area contributed by atoms with Gasteiger partial charge in [-0.25, -0.2) is 0 Å². The number of carbonyl (C=O) groups excluding carboxylic acids is 1. The molecule has 3 aromatic carbocycles. The molecule has 4 aromatic rings. The van der Waals surface area contributed by atoms with Crippen molar-refractivity contribution in [2.75, 3.05) is 19.5 Å². The molecule has 1 aromatic heterocycles. The Labute approximate surface area is 184 Å². The minimum atomic E-state index is -0.431. The molecule has 0 aliphatic heterocycles. The lowest BCUT2D eigenvalue weighted by Gasteiger charge is -2.12. The molecule has 4 rings (SSSR count). The lowest BCUT2D eigenvalue weighted by Crippen LogP contribution is -2.12. The number of hydrogen-bond acceptors (Lipinski definition) is 5. The van der Waals surface area contributed by atoms with Crippen molar-refractivity contribution in [1.82, 2.24) is 0 Å². The van der Waals surface area contributed by atoms with Gasteiger partial charge < -0.3 is 23.9 Å². The van der Waals surface area contributed by atoms with Crippen molar-refractivity contribution in [2.45, 2.75) is 6.61 Å². The largest absolute Gasteiger partial charge is 0.495 e. The maximum atomic E-state index is 12.6. The fourth-order valence-electron chi connectivity index (χ4n) is 3.13. The molecule has 0 spiro atoms. The summed E-state index contributed by atoms with van der Waals surface area (Å²) in [7, 11) is 2.98. The smallest absolute Gasteiger partial charge is 0.291 e. The van der Waals surface area contributed by atoms with Crippen LogP contribution in [0.15, 0.2) is 71.1 Å². The number of methoxy groups -OCH3 is 2. The number of nitrogens with one attached hydrogen (secondary N) is 1. The first-order valence-corrected chi connectivity index (χ1v) is 9.88. The molecule has 0 aliphatic rings. The first-order chi connectivity index (χ1) is 15.1. The van der Waals surface area contributed by atoms with Gasteiger partial charge in [0.05, 0.1) is 24.9 Å². The molecule has 0 fully saturated rings. The second kappa shape index (κ2) is 9.02. The Morgan fingerprint density at radius 1 is 0.935 bits per heavy atom. The fraction of sp³-hybridized carbons (Fsp3) is 0.125. The number of hydrogen-bond donors (Lipinski definition) is 1. The zero-order chi connectivity index (χ0) is 21.8. The molecule has 1 amide bonds. The van der Waals surface area contributed by atoms with Crippen LogP contribution in [-0.4, -0.2) is 20.1 Å². The maximum Gasteiger partial charge on any atom is 0.291 e. The Balaban J connectivity index is 1.44. The van der Waals surface area contributed by atoms with Crippen molar-refractivity contribution in [3.63, 3.8) is 0 Å². The van der Waals surface area contributed by atoms with Gasteiger partial charge in [0.25, 0.3) is 5.91 Å². The van der Waals surface area contributed by atoms with Gasteiger partial charge in [0.1, 0.15) is 29.6 Å². The summed E-state index contributed by atoms with van der Waals surface area (Å²) >= 11 is 6.10. The van der Waals surface area contributed by atoms with Crippen molar-refractivity contribution in [3.05, 3.63) is 83.3 Å². The van der Waals surface area contributed by atoms with Crippen molar-refractivity contribution < 1.29 is 23.4 Å². The van der Waals surface area contributed by atoms with Crippen molar-refractivity contribution in [3.8, 4) is 17.2 Å². The summed E-state index contributed by atoms with van der Waals surface area (Å²) in [5.74, 6) is 1.79. The molecule has 7 heteroatoms. The molecule has 6 nitrogen and oxygen atoms in total. The Kier molecular flexibility index (Phi) is 6.00. The summed E-state index contributed by atoms with van der Waals surface area (Å²) in [5, 5.41) is 5.36. The molecule has 0 aliphatic carbocycles. The SMILES string of the molecule is COc1cc(NC(=O)c2ccc(COc3ccc4ccccc4c3)o2)c(OC)cc1Cl. The van der Waals surface area contributed by atoms with Gasteiger partial charge in [-0.1, -0.05) is 41.9 Å². The van der Waals surface area contributed by atoms with E-state index in [0.29, 0.717) is 28.0 Å². The molecule has 0 saturated carbocycles. The van der Waals surface area contributed by atoms with Crippen LogP contribution in [0, 0.1) is 0 Å². The first-order valence-electron chi connectivity index (χ1n) is 9.50. The molecule has 0 bridgehead atoms. The van der Waals surface area contributed by atoms with Crippen LogP contribution in [0.2, 0.25) is 5.02 Å². The lowest BCUT2D eigenvalue weighted by molar-refractivity contribution is 0.0992. The van der Waals surface area contributed by atoms with Crippen molar-refractivity contribution in [1.29, 1.82) is 0 Å². The lowest BCUT2D eigenvalue weighted by atomic mass is 10.1. The number of carbonyl (C=O) groups is 1.